The summed E-state index contributed by atoms with van der Waals surface area (Å²) in [6.45, 7) is 1.25. The monoisotopic (exact) mass is 192 g/mol. The van der Waals surface area contributed by atoms with E-state index in [-0.39, 0.29) is 0 Å². The van der Waals surface area contributed by atoms with Crippen molar-refractivity contribution in [3.05, 3.63) is 0 Å². The topological polar surface area (TPSA) is 72.8 Å². The molecule has 0 saturated carbocycles. The molecule has 0 aliphatic carbocycles. The van der Waals surface area contributed by atoms with Crippen molar-refractivity contribution >= 4 is 23.7 Å². The molecule has 6 heteroatoms. The second kappa shape index (κ2) is 3.77. The first-order valence-electron chi connectivity index (χ1n) is 3.26. The highest BCUT2D eigenvalue weighted by atomic mass is 32.2. The number of thioether (sulfide) groups is 1. The summed E-state index contributed by atoms with van der Waals surface area (Å²) < 4.78 is 9.50. The lowest BCUT2D eigenvalue weighted by atomic mass is 10.7. The van der Waals surface area contributed by atoms with Crippen LogP contribution < -0.4 is 0 Å². The van der Waals surface area contributed by atoms with Crippen molar-refractivity contribution in [2.24, 2.45) is 0 Å². The van der Waals surface area contributed by atoms with Gasteiger partial charge in [-0.05, 0) is 0 Å². The van der Waals surface area contributed by atoms with Gasteiger partial charge in [-0.1, -0.05) is 0 Å². The number of rotatable bonds is 2. The lowest BCUT2D eigenvalue weighted by Crippen LogP contribution is -2.22. The van der Waals surface area contributed by atoms with Crippen LogP contribution in [0, 0.1) is 0 Å². The molecule has 0 aromatic heterocycles. The van der Waals surface area contributed by atoms with Gasteiger partial charge in [-0.3, -0.25) is 4.79 Å². The van der Waals surface area contributed by atoms with E-state index in [9.17, 15) is 9.59 Å². The second-order valence-electron chi connectivity index (χ2n) is 2.18. The van der Waals surface area contributed by atoms with E-state index in [4.69, 9.17) is 9.84 Å². The fraction of sp³-hybridized carbons (Fsp3) is 0.667. The first-order valence-corrected chi connectivity index (χ1v) is 4.31. The highest BCUT2D eigenvalue weighted by molar-refractivity contribution is 8.00. The average molecular weight is 192 g/mol. The van der Waals surface area contributed by atoms with Crippen LogP contribution in [0.25, 0.3) is 0 Å². The summed E-state index contributed by atoms with van der Waals surface area (Å²) in [5.74, 6) is -1.14. The minimum Gasteiger partial charge on any atom is -0.479 e. The van der Waals surface area contributed by atoms with E-state index < -0.39 is 23.7 Å². The molecule has 0 amide bonds. The number of esters is 1. The third kappa shape index (κ3) is 2.38. The molecule has 68 valence electrons. The van der Waals surface area contributed by atoms with Gasteiger partial charge < -0.3 is 14.6 Å². The molecule has 5 nitrogen and oxygen atoms in total. The Morgan fingerprint density at radius 1 is 1.67 bits per heavy atom. The standard InChI is InChI=1S/C6H8O5S/c1-3(7)10-4-2-12-6(11-4)5(8)9/h4,6H,2H2,1H3,(H,8,9)/t4-,6?/m0/s1. The number of aliphatic carboxylic acids is 1. The Morgan fingerprint density at radius 3 is 2.75 bits per heavy atom. The lowest BCUT2D eigenvalue weighted by molar-refractivity contribution is -0.177. The molecule has 0 aromatic rings. The van der Waals surface area contributed by atoms with Gasteiger partial charge >= 0.3 is 11.9 Å². The van der Waals surface area contributed by atoms with E-state index >= 15 is 0 Å². The maximum Gasteiger partial charge on any atom is 0.343 e. The van der Waals surface area contributed by atoms with E-state index in [1.54, 1.807) is 0 Å². The van der Waals surface area contributed by atoms with Crippen molar-refractivity contribution in [2.75, 3.05) is 5.75 Å². The Balaban J connectivity index is 2.35. The summed E-state index contributed by atoms with van der Waals surface area (Å²) in [7, 11) is 0. The zero-order valence-electron chi connectivity index (χ0n) is 6.35. The maximum absolute atomic E-state index is 10.4. The molecule has 1 fully saturated rings. The van der Waals surface area contributed by atoms with Crippen LogP contribution in [0.2, 0.25) is 0 Å². The Kier molecular flexibility index (Phi) is 2.93. The Hall–Kier alpha value is -0.750. The van der Waals surface area contributed by atoms with Crippen LogP contribution in [-0.4, -0.2) is 34.5 Å². The van der Waals surface area contributed by atoms with Crippen LogP contribution in [0.5, 0.6) is 0 Å². The van der Waals surface area contributed by atoms with E-state index in [0.29, 0.717) is 5.75 Å². The molecule has 12 heavy (non-hydrogen) atoms. The molecular formula is C6H8O5S. The van der Waals surface area contributed by atoms with Crippen molar-refractivity contribution in [1.29, 1.82) is 0 Å². The Labute approximate surface area is 73.0 Å². The van der Waals surface area contributed by atoms with Crippen molar-refractivity contribution in [1.82, 2.24) is 0 Å². The molecule has 0 spiro atoms. The van der Waals surface area contributed by atoms with Crippen LogP contribution in [0.3, 0.4) is 0 Å². The van der Waals surface area contributed by atoms with Gasteiger partial charge in [0.1, 0.15) is 0 Å². The predicted octanol–water partition coefficient (Wildman–Crippen LogP) is 0.0497. The third-order valence-corrected chi connectivity index (χ3v) is 2.24. The summed E-state index contributed by atoms with van der Waals surface area (Å²) in [6.07, 6.45) is -0.714. The van der Waals surface area contributed by atoms with Crippen molar-refractivity contribution < 1.29 is 24.2 Å². The quantitative estimate of drug-likeness (QED) is 0.623. The summed E-state index contributed by atoms with van der Waals surface area (Å²) in [6, 6.07) is 0. The fourth-order valence-electron chi connectivity index (χ4n) is 0.759. The molecular weight excluding hydrogens is 184 g/mol. The van der Waals surface area contributed by atoms with Gasteiger partial charge in [-0.15, -0.1) is 11.8 Å². The zero-order chi connectivity index (χ0) is 9.14. The predicted molar refractivity (Wildman–Crippen MR) is 40.5 cm³/mol. The number of carboxylic acid groups (broad SMARTS) is 1. The molecule has 0 aromatic carbocycles. The number of hydrogen-bond acceptors (Lipinski definition) is 5. The molecule has 1 aliphatic rings. The Bertz CT molecular complexity index is 204. The number of ether oxygens (including phenoxy) is 2. The molecule has 0 radical (unpaired) electrons. The summed E-state index contributed by atoms with van der Waals surface area (Å²) in [5.41, 5.74) is -0.908. The third-order valence-electron chi connectivity index (χ3n) is 1.16. The number of carbonyl (C=O) groups excluding carboxylic acids is 1. The molecule has 1 unspecified atom stereocenters. The molecule has 1 N–H and O–H groups in total. The van der Waals surface area contributed by atoms with Crippen LogP contribution in [0.4, 0.5) is 0 Å². The van der Waals surface area contributed by atoms with Crippen molar-refractivity contribution in [2.45, 2.75) is 18.6 Å². The SMILES string of the molecule is CC(=O)O[C@@H]1CSC(C(=O)O)O1. The highest BCUT2D eigenvalue weighted by Gasteiger charge is 2.32. The molecule has 0 bridgehead atoms. The van der Waals surface area contributed by atoms with E-state index in [2.05, 4.69) is 4.74 Å². The van der Waals surface area contributed by atoms with Gasteiger partial charge in [0.2, 0.25) is 11.7 Å². The highest BCUT2D eigenvalue weighted by Crippen LogP contribution is 2.25. The zero-order valence-corrected chi connectivity index (χ0v) is 7.17. The lowest BCUT2D eigenvalue weighted by Gasteiger charge is -2.08. The van der Waals surface area contributed by atoms with Crippen LogP contribution in [-0.2, 0) is 19.1 Å². The van der Waals surface area contributed by atoms with Gasteiger partial charge in [-0.2, -0.15) is 0 Å². The number of hydrogen-bond donors (Lipinski definition) is 1. The van der Waals surface area contributed by atoms with Crippen molar-refractivity contribution in [3.8, 4) is 0 Å². The van der Waals surface area contributed by atoms with Gasteiger partial charge in [0.05, 0.1) is 5.75 Å². The Morgan fingerprint density at radius 2 is 2.33 bits per heavy atom. The summed E-state index contributed by atoms with van der Waals surface area (Å²) in [4.78, 5) is 20.8. The molecule has 2 atom stereocenters. The first kappa shape index (κ1) is 9.34. The largest absolute Gasteiger partial charge is 0.479 e. The number of carbonyl (C=O) groups is 2. The van der Waals surface area contributed by atoms with Crippen LogP contribution >= 0.6 is 11.8 Å². The van der Waals surface area contributed by atoms with Crippen LogP contribution in [0.1, 0.15) is 6.92 Å². The molecule has 1 rings (SSSR count). The maximum atomic E-state index is 10.4. The van der Waals surface area contributed by atoms with E-state index in [1.165, 1.54) is 6.92 Å². The minimum atomic E-state index is -1.05. The fourth-order valence-corrected chi connectivity index (χ4v) is 1.58. The molecule has 1 heterocycles. The van der Waals surface area contributed by atoms with Gasteiger partial charge in [0.15, 0.2) is 0 Å². The normalized spacial score (nSPS) is 28.4. The van der Waals surface area contributed by atoms with Gasteiger partial charge in [0.25, 0.3) is 0 Å². The second-order valence-corrected chi connectivity index (χ2v) is 3.27. The van der Waals surface area contributed by atoms with Crippen molar-refractivity contribution in [3.63, 3.8) is 0 Å². The molecule has 1 aliphatic heterocycles. The van der Waals surface area contributed by atoms with E-state index in [0.717, 1.165) is 11.8 Å². The smallest absolute Gasteiger partial charge is 0.343 e. The molecule has 1 saturated heterocycles. The number of carboxylic acids is 1. The van der Waals surface area contributed by atoms with Crippen LogP contribution in [0.15, 0.2) is 0 Å². The average Bonchev–Trinajstić information content (AvgIpc) is 2.34. The van der Waals surface area contributed by atoms with E-state index in [1.807, 2.05) is 0 Å². The summed E-state index contributed by atoms with van der Waals surface area (Å²) >= 11 is 1.10. The first-order chi connectivity index (χ1) is 5.59. The summed E-state index contributed by atoms with van der Waals surface area (Å²) in [5, 5.41) is 8.48. The minimum absolute atomic E-state index is 0.372. The van der Waals surface area contributed by atoms with Gasteiger partial charge in [0, 0.05) is 6.92 Å². The van der Waals surface area contributed by atoms with Gasteiger partial charge in [-0.25, -0.2) is 4.79 Å².